The molecule has 0 amide bonds. The smallest absolute Gasteiger partial charge is 0.0810 e. The van der Waals surface area contributed by atoms with Gasteiger partial charge in [-0.05, 0) is 143 Å². The van der Waals surface area contributed by atoms with E-state index in [1.165, 1.54) is 184 Å². The third-order valence-corrected chi connectivity index (χ3v) is 24.7. The maximum absolute atomic E-state index is 2.56. The number of benzene rings is 18. The summed E-state index contributed by atoms with van der Waals surface area (Å²) < 4.78 is 17.8. The predicted octanol–water partition coefficient (Wildman–Crippen LogP) is 28.3. The zero-order valence-corrected chi connectivity index (χ0v) is 60.9. The van der Waals surface area contributed by atoms with Gasteiger partial charge in [0.15, 0.2) is 0 Å². The molecule has 0 aliphatic rings. The highest BCUT2D eigenvalue weighted by Gasteiger charge is 2.32. The molecule has 18 aromatic carbocycles. The van der Waals surface area contributed by atoms with Gasteiger partial charge in [-0.25, -0.2) is 0 Å². The fourth-order valence-corrected chi connectivity index (χ4v) is 20.2. The molecule has 7 aromatic heterocycles. The molecular formula is C104H64N6S. The molecule has 0 spiro atoms. The van der Waals surface area contributed by atoms with Crippen molar-refractivity contribution < 1.29 is 0 Å². The Bertz CT molecular complexity index is 8170. The molecule has 516 valence electrons. The van der Waals surface area contributed by atoms with Gasteiger partial charge in [0.25, 0.3) is 0 Å². The third-order valence-electron chi connectivity index (χ3n) is 23.5. The van der Waals surface area contributed by atoms with Crippen molar-refractivity contribution in [2.75, 3.05) is 0 Å². The molecule has 111 heavy (non-hydrogen) atoms. The van der Waals surface area contributed by atoms with Gasteiger partial charge in [0, 0.05) is 124 Å². The highest BCUT2D eigenvalue weighted by molar-refractivity contribution is 7.25. The number of hydrogen-bond acceptors (Lipinski definition) is 1. The Balaban J connectivity index is 0.000000130. The maximum atomic E-state index is 2.56. The van der Waals surface area contributed by atoms with Crippen molar-refractivity contribution in [1.29, 1.82) is 0 Å². The van der Waals surface area contributed by atoms with E-state index in [9.17, 15) is 0 Å². The first-order valence-electron chi connectivity index (χ1n) is 38.2. The lowest BCUT2D eigenvalue weighted by molar-refractivity contribution is 1.15. The quantitative estimate of drug-likeness (QED) is 0.152. The van der Waals surface area contributed by atoms with Crippen LogP contribution in [0.3, 0.4) is 0 Å². The van der Waals surface area contributed by atoms with E-state index in [-0.39, 0.29) is 0 Å². The molecule has 0 aliphatic carbocycles. The van der Waals surface area contributed by atoms with E-state index in [4.69, 9.17) is 0 Å². The number of aromatic nitrogens is 6. The third kappa shape index (κ3) is 8.89. The van der Waals surface area contributed by atoms with Gasteiger partial charge in [-0.15, -0.1) is 11.3 Å². The van der Waals surface area contributed by atoms with Gasteiger partial charge in [0.05, 0.1) is 66.2 Å². The van der Waals surface area contributed by atoms with Crippen LogP contribution in [0.4, 0.5) is 0 Å². The van der Waals surface area contributed by atoms with Gasteiger partial charge in [0.1, 0.15) is 0 Å². The lowest BCUT2D eigenvalue weighted by Gasteiger charge is -2.15. The summed E-state index contributed by atoms with van der Waals surface area (Å²) in [5.41, 5.74) is 23.8. The van der Waals surface area contributed by atoms with E-state index in [0.717, 1.165) is 34.1 Å². The first-order chi connectivity index (χ1) is 55.2. The minimum atomic E-state index is 1.14. The van der Waals surface area contributed by atoms with Gasteiger partial charge in [-0.2, -0.15) is 0 Å². The average Bonchev–Trinajstić information content (AvgIpc) is 1.51. The van der Waals surface area contributed by atoms with Gasteiger partial charge in [-0.1, -0.05) is 273 Å². The second-order valence-electron chi connectivity index (χ2n) is 29.4. The van der Waals surface area contributed by atoms with Gasteiger partial charge >= 0.3 is 0 Å². The van der Waals surface area contributed by atoms with Gasteiger partial charge in [0.2, 0.25) is 0 Å². The van der Waals surface area contributed by atoms with Crippen molar-refractivity contribution >= 4 is 184 Å². The minimum absolute atomic E-state index is 1.14. The minimum Gasteiger partial charge on any atom is -0.309 e. The molecule has 25 aromatic rings. The summed E-state index contributed by atoms with van der Waals surface area (Å²) >= 11 is 1.87. The molecule has 0 bridgehead atoms. The van der Waals surface area contributed by atoms with E-state index in [1.807, 2.05) is 11.3 Å². The lowest BCUT2D eigenvalue weighted by atomic mass is 9.99. The Labute approximate surface area is 640 Å². The fourth-order valence-electron chi connectivity index (χ4n) is 19.0. The molecule has 7 heteroatoms. The zero-order valence-electron chi connectivity index (χ0n) is 60.0. The molecular weight excluding hydrogens is 1370 g/mol. The summed E-state index contributed by atoms with van der Waals surface area (Å²) in [6, 6.07) is 142. The van der Waals surface area contributed by atoms with E-state index >= 15 is 0 Å². The summed E-state index contributed by atoms with van der Waals surface area (Å²) in [5.74, 6) is 0. The van der Waals surface area contributed by atoms with Crippen LogP contribution < -0.4 is 0 Å². The summed E-state index contributed by atoms with van der Waals surface area (Å²) in [7, 11) is 0. The zero-order chi connectivity index (χ0) is 72.5. The van der Waals surface area contributed by atoms with Crippen molar-refractivity contribution in [3.63, 3.8) is 0 Å². The molecule has 0 saturated carbocycles. The molecule has 6 nitrogen and oxygen atoms in total. The topological polar surface area (TPSA) is 29.6 Å². The number of thiophene rings is 1. The first kappa shape index (κ1) is 61.6. The molecule has 0 aliphatic heterocycles. The van der Waals surface area contributed by atoms with Gasteiger partial charge < -0.3 is 27.4 Å². The summed E-state index contributed by atoms with van der Waals surface area (Å²) in [4.78, 5) is 0. The van der Waals surface area contributed by atoms with E-state index in [0.29, 0.717) is 0 Å². The summed E-state index contributed by atoms with van der Waals surface area (Å²) in [5, 5.41) is 22.6. The molecule has 0 saturated heterocycles. The van der Waals surface area contributed by atoms with E-state index in [1.54, 1.807) is 0 Å². The molecule has 0 unspecified atom stereocenters. The van der Waals surface area contributed by atoms with Crippen molar-refractivity contribution in [2.45, 2.75) is 0 Å². The Morgan fingerprint density at radius 1 is 0.153 bits per heavy atom. The number of fused-ring (bicyclic) bond motifs is 30. The maximum Gasteiger partial charge on any atom is 0.0810 e. The second-order valence-corrected chi connectivity index (χ2v) is 30.4. The lowest BCUT2D eigenvalue weighted by Crippen LogP contribution is -2.00. The van der Waals surface area contributed by atoms with Crippen molar-refractivity contribution in [1.82, 2.24) is 27.4 Å². The normalized spacial score (nSPS) is 12.1. The van der Waals surface area contributed by atoms with Crippen LogP contribution in [-0.4, -0.2) is 27.4 Å². The SMILES string of the molecule is c1ccc(-c2ccc3c(c2)c2c4c5ccccc5n(-c5ccc6c(c5)sc5ccccc56)c4c4c(c5ccccc5n4-c4ccccc4)c2n3-c2ccccc2)cc1.c1ccc(-n2c3ccccc3c3c2c2c(c4ccccc4n2-c2ccc4ccccc4c2)c2c4ccc5ccccc5c4n(-c4ccccc4)c23)cc1. The highest BCUT2D eigenvalue weighted by atomic mass is 32.1. The summed E-state index contributed by atoms with van der Waals surface area (Å²) in [6.07, 6.45) is 0. The van der Waals surface area contributed by atoms with E-state index in [2.05, 4.69) is 416 Å². The Hall–Kier alpha value is -14.5. The van der Waals surface area contributed by atoms with Crippen LogP contribution in [0.1, 0.15) is 0 Å². The van der Waals surface area contributed by atoms with Crippen LogP contribution in [-0.2, 0) is 0 Å². The predicted molar refractivity (Wildman–Crippen MR) is 472 cm³/mol. The van der Waals surface area contributed by atoms with Crippen LogP contribution in [0, 0.1) is 0 Å². The van der Waals surface area contributed by atoms with Crippen LogP contribution in [0.5, 0.6) is 0 Å². The Kier molecular flexibility index (Phi) is 13.3. The highest BCUT2D eigenvalue weighted by Crippen LogP contribution is 2.54. The Morgan fingerprint density at radius 3 is 1.06 bits per heavy atom. The van der Waals surface area contributed by atoms with Crippen LogP contribution in [0.2, 0.25) is 0 Å². The van der Waals surface area contributed by atoms with Crippen molar-refractivity contribution in [3.05, 3.63) is 388 Å². The number of hydrogen-bond donors (Lipinski definition) is 0. The number of rotatable bonds is 7. The summed E-state index contributed by atoms with van der Waals surface area (Å²) in [6.45, 7) is 0. The average molecular weight is 1430 g/mol. The van der Waals surface area contributed by atoms with Gasteiger partial charge in [-0.3, -0.25) is 0 Å². The molecule has 25 rings (SSSR count). The standard InChI is InChI=1S/C54H33N3S.C50H31N3/c1-4-16-34(17-5-1)35-28-31-46-43(32-35)50-49-41-23-10-13-25-44(41)57(38-29-30-40-39-22-12-15-27-47(39)58-48(40)33-38)53(49)54-51(52(50)55(46)36-18-6-2-7-19-36)42-24-11-14-26-45(42)56(54)37-20-8-3-9-21-37;1-3-18-35(19-4-1)51-43-26-14-12-24-40(43)46-48-45(41-30-28-33-16-9-10-22-38(33)47(41)53(48)36-20-5-2-6-21-36)44-39-23-11-13-25-42(39)52(49(44)50(46)51)37-29-27-32-15-7-8-17-34(32)31-37/h1-33H;1-31H. The monoisotopic (exact) mass is 1430 g/mol. The largest absolute Gasteiger partial charge is 0.309 e. The number of nitrogens with zero attached hydrogens (tertiary/aromatic N) is 6. The van der Waals surface area contributed by atoms with Crippen molar-refractivity contribution in [2.24, 2.45) is 0 Å². The van der Waals surface area contributed by atoms with Crippen LogP contribution in [0.15, 0.2) is 388 Å². The molecule has 0 N–H and O–H groups in total. The van der Waals surface area contributed by atoms with Crippen LogP contribution >= 0.6 is 11.3 Å². The van der Waals surface area contributed by atoms with E-state index < -0.39 is 0 Å². The number of para-hydroxylation sites is 8. The molecule has 0 radical (unpaired) electrons. The van der Waals surface area contributed by atoms with Crippen molar-refractivity contribution in [3.8, 4) is 45.3 Å². The molecule has 0 atom stereocenters. The Morgan fingerprint density at radius 2 is 0.505 bits per heavy atom. The van der Waals surface area contributed by atoms with Crippen LogP contribution in [0.25, 0.3) is 218 Å². The molecule has 7 heterocycles. The fraction of sp³-hybridized carbons (Fsp3) is 0. The molecule has 0 fully saturated rings. The first-order valence-corrected chi connectivity index (χ1v) is 39.0. The second kappa shape index (κ2) is 24.0.